The summed E-state index contributed by atoms with van der Waals surface area (Å²) < 4.78 is 37.9. The molecule has 1 aromatic carbocycles. The Balaban J connectivity index is 1.97. The minimum absolute atomic E-state index is 0.279. The number of amides is 2. The van der Waals surface area contributed by atoms with Crippen molar-refractivity contribution < 1.29 is 27.9 Å². The van der Waals surface area contributed by atoms with Crippen LogP contribution < -0.4 is 5.32 Å². The van der Waals surface area contributed by atoms with Gasteiger partial charge in [-0.25, -0.2) is 0 Å². The number of rotatable bonds is 2. The molecule has 142 valence electrons. The second kappa shape index (κ2) is 6.90. The Bertz CT molecular complexity index is 680. The van der Waals surface area contributed by atoms with Crippen LogP contribution in [-0.4, -0.2) is 46.6 Å². The molecule has 1 aromatic rings. The summed E-state index contributed by atoms with van der Waals surface area (Å²) >= 11 is 0. The summed E-state index contributed by atoms with van der Waals surface area (Å²) in [5.74, 6) is -2.73. The average molecular weight is 370 g/mol. The number of benzene rings is 1. The second-order valence-electron chi connectivity index (χ2n) is 6.91. The predicted molar refractivity (Wildman–Crippen MR) is 86.9 cm³/mol. The Morgan fingerprint density at radius 2 is 1.88 bits per heavy atom. The molecule has 0 aromatic heterocycles. The fraction of sp³-hybridized carbons (Fsp3) is 0.556. The third kappa shape index (κ3) is 3.42. The number of nitrogens with zero attached hydrogens (tertiary/aromatic N) is 1. The minimum atomic E-state index is -5.08. The van der Waals surface area contributed by atoms with E-state index in [0.717, 1.165) is 12.8 Å². The zero-order chi connectivity index (χ0) is 18.9. The molecule has 5 nitrogen and oxygen atoms in total. The summed E-state index contributed by atoms with van der Waals surface area (Å²) in [6.07, 6.45) is -2.38. The summed E-state index contributed by atoms with van der Waals surface area (Å²) in [6, 6.07) is 6.70. The molecule has 0 aliphatic carbocycles. The first kappa shape index (κ1) is 18.7. The van der Waals surface area contributed by atoms with Crippen molar-refractivity contribution in [3.8, 4) is 0 Å². The summed E-state index contributed by atoms with van der Waals surface area (Å²) in [5, 5.41) is 13.2. The molecule has 2 heterocycles. The van der Waals surface area contributed by atoms with E-state index in [0.29, 0.717) is 24.9 Å². The van der Waals surface area contributed by atoms with Crippen LogP contribution in [0.25, 0.3) is 0 Å². The smallest absolute Gasteiger partial charge is 0.383 e. The highest BCUT2D eigenvalue weighted by atomic mass is 19.4. The Morgan fingerprint density at radius 1 is 1.19 bits per heavy atom. The molecule has 3 unspecified atom stereocenters. The third-order valence-electron chi connectivity index (χ3n) is 5.24. The van der Waals surface area contributed by atoms with Gasteiger partial charge in [0.15, 0.2) is 0 Å². The molecule has 0 spiro atoms. The minimum Gasteiger partial charge on any atom is -0.383 e. The van der Waals surface area contributed by atoms with E-state index in [1.807, 2.05) is 0 Å². The lowest BCUT2D eigenvalue weighted by atomic mass is 9.75. The van der Waals surface area contributed by atoms with Gasteiger partial charge in [0.05, 0.1) is 6.04 Å². The van der Waals surface area contributed by atoms with E-state index >= 15 is 0 Å². The summed E-state index contributed by atoms with van der Waals surface area (Å²) in [7, 11) is 0. The zero-order valence-corrected chi connectivity index (χ0v) is 14.1. The van der Waals surface area contributed by atoms with Gasteiger partial charge in [0.2, 0.25) is 5.91 Å². The van der Waals surface area contributed by atoms with Crippen molar-refractivity contribution in [2.75, 3.05) is 6.54 Å². The highest BCUT2D eigenvalue weighted by Crippen LogP contribution is 2.41. The normalized spacial score (nSPS) is 29.7. The van der Waals surface area contributed by atoms with Gasteiger partial charge < -0.3 is 15.3 Å². The predicted octanol–water partition coefficient (Wildman–Crippen LogP) is 2.10. The molecule has 26 heavy (non-hydrogen) atoms. The first-order valence-corrected chi connectivity index (χ1v) is 8.69. The van der Waals surface area contributed by atoms with E-state index in [1.54, 1.807) is 35.6 Å². The molecular formula is C18H21F3N2O3. The van der Waals surface area contributed by atoms with Gasteiger partial charge in [-0.2, -0.15) is 13.2 Å². The Hall–Kier alpha value is -2.09. The van der Waals surface area contributed by atoms with Gasteiger partial charge in [0.25, 0.3) is 0 Å². The lowest BCUT2D eigenvalue weighted by molar-refractivity contribution is -0.179. The molecule has 2 fully saturated rings. The molecule has 8 heteroatoms. The van der Waals surface area contributed by atoms with Crippen LogP contribution >= 0.6 is 0 Å². The molecule has 3 rings (SSSR count). The van der Waals surface area contributed by atoms with Gasteiger partial charge in [0, 0.05) is 13.0 Å². The molecule has 2 aliphatic rings. The van der Waals surface area contributed by atoms with E-state index < -0.39 is 35.7 Å². The topological polar surface area (TPSA) is 69.6 Å². The second-order valence-corrected chi connectivity index (χ2v) is 6.91. The van der Waals surface area contributed by atoms with Crippen LogP contribution in [-0.2, 0) is 15.2 Å². The Morgan fingerprint density at radius 3 is 2.54 bits per heavy atom. The molecule has 2 amide bonds. The molecule has 2 N–H and O–H groups in total. The lowest BCUT2D eigenvalue weighted by Crippen LogP contribution is -2.65. The number of hydrogen-bond acceptors (Lipinski definition) is 3. The largest absolute Gasteiger partial charge is 0.471 e. The number of halogens is 3. The SMILES string of the molecule is O=C1C(NC(=O)C(F)(F)F)CC(O)(c2ccccc2)C2CCCCCN12. The molecule has 2 aliphatic heterocycles. The maximum absolute atomic E-state index is 12.7. The van der Waals surface area contributed by atoms with Crippen molar-refractivity contribution in [2.24, 2.45) is 0 Å². The molecule has 2 saturated heterocycles. The van der Waals surface area contributed by atoms with Crippen LogP contribution in [0.4, 0.5) is 13.2 Å². The van der Waals surface area contributed by atoms with Crippen molar-refractivity contribution in [1.29, 1.82) is 0 Å². The van der Waals surface area contributed by atoms with Crippen LogP contribution in [0.3, 0.4) is 0 Å². The zero-order valence-electron chi connectivity index (χ0n) is 14.1. The number of carbonyl (C=O) groups is 2. The van der Waals surface area contributed by atoms with E-state index in [-0.39, 0.29) is 6.42 Å². The number of nitrogens with one attached hydrogen (secondary N) is 1. The monoisotopic (exact) mass is 370 g/mol. The number of alkyl halides is 3. The van der Waals surface area contributed by atoms with Crippen LogP contribution in [0, 0.1) is 0 Å². The Kier molecular flexibility index (Phi) is 4.96. The third-order valence-corrected chi connectivity index (χ3v) is 5.24. The van der Waals surface area contributed by atoms with Crippen LogP contribution in [0.5, 0.6) is 0 Å². The van der Waals surface area contributed by atoms with Crippen LogP contribution in [0.2, 0.25) is 0 Å². The lowest BCUT2D eigenvalue weighted by Gasteiger charge is -2.49. The van der Waals surface area contributed by atoms with Crippen molar-refractivity contribution >= 4 is 11.8 Å². The van der Waals surface area contributed by atoms with Gasteiger partial charge in [-0.15, -0.1) is 0 Å². The number of fused-ring (bicyclic) bond motifs is 1. The van der Waals surface area contributed by atoms with Gasteiger partial charge in [-0.05, 0) is 18.4 Å². The maximum atomic E-state index is 12.7. The fourth-order valence-electron chi connectivity index (χ4n) is 3.99. The molecule has 3 atom stereocenters. The van der Waals surface area contributed by atoms with Crippen molar-refractivity contribution in [2.45, 2.75) is 56.0 Å². The molecule has 0 radical (unpaired) electrons. The molecule has 0 saturated carbocycles. The van der Waals surface area contributed by atoms with Gasteiger partial charge in [0.1, 0.15) is 11.6 Å². The van der Waals surface area contributed by atoms with Gasteiger partial charge in [-0.3, -0.25) is 9.59 Å². The van der Waals surface area contributed by atoms with Crippen molar-refractivity contribution in [3.05, 3.63) is 35.9 Å². The summed E-state index contributed by atoms with van der Waals surface area (Å²) in [4.78, 5) is 25.5. The van der Waals surface area contributed by atoms with E-state index in [9.17, 15) is 27.9 Å². The van der Waals surface area contributed by atoms with Crippen LogP contribution in [0.1, 0.15) is 37.7 Å². The Labute approximate surface area is 149 Å². The molecule has 0 bridgehead atoms. The summed E-state index contributed by atoms with van der Waals surface area (Å²) in [6.45, 7) is 0.358. The fourth-order valence-corrected chi connectivity index (χ4v) is 3.99. The van der Waals surface area contributed by atoms with E-state index in [4.69, 9.17) is 0 Å². The number of aliphatic hydroxyl groups is 1. The summed E-state index contributed by atoms with van der Waals surface area (Å²) in [5.41, 5.74) is -0.973. The first-order chi connectivity index (χ1) is 12.2. The van der Waals surface area contributed by atoms with Gasteiger partial charge in [-0.1, -0.05) is 43.2 Å². The highest BCUT2D eigenvalue weighted by Gasteiger charge is 2.53. The van der Waals surface area contributed by atoms with Crippen molar-refractivity contribution in [3.63, 3.8) is 0 Å². The first-order valence-electron chi connectivity index (χ1n) is 8.69. The number of piperidine rings is 1. The number of carbonyl (C=O) groups excluding carboxylic acids is 2. The maximum Gasteiger partial charge on any atom is 0.471 e. The average Bonchev–Trinajstić information content (AvgIpc) is 2.86. The quantitative estimate of drug-likeness (QED) is 0.838. The number of hydrogen-bond donors (Lipinski definition) is 2. The van der Waals surface area contributed by atoms with E-state index in [2.05, 4.69) is 0 Å². The van der Waals surface area contributed by atoms with Gasteiger partial charge >= 0.3 is 12.1 Å². The highest BCUT2D eigenvalue weighted by molar-refractivity contribution is 5.90. The van der Waals surface area contributed by atoms with Crippen molar-refractivity contribution in [1.82, 2.24) is 10.2 Å². The standard InChI is InChI=1S/C18H21F3N2O3/c19-18(20,21)16(25)22-13-11-17(26,12-7-3-1-4-8-12)14-9-5-2-6-10-23(14)15(13)24/h1,3-4,7-8,13-14,26H,2,5-6,9-11H2,(H,22,25). The van der Waals surface area contributed by atoms with Crippen LogP contribution in [0.15, 0.2) is 30.3 Å². The molecular weight excluding hydrogens is 349 g/mol. The van der Waals surface area contributed by atoms with E-state index in [1.165, 1.54) is 4.90 Å².